The number of alkyl halides is 2. The van der Waals surface area contributed by atoms with Gasteiger partial charge >= 0.3 is 12.7 Å². The van der Waals surface area contributed by atoms with Gasteiger partial charge in [0.1, 0.15) is 11.4 Å². The highest BCUT2D eigenvalue weighted by Gasteiger charge is 2.47. The zero-order chi connectivity index (χ0) is 33.2. The first-order valence-corrected chi connectivity index (χ1v) is 15.5. The van der Waals surface area contributed by atoms with Crippen molar-refractivity contribution in [2.75, 3.05) is 32.1 Å². The van der Waals surface area contributed by atoms with Crippen LogP contribution < -0.4 is 19.7 Å². The van der Waals surface area contributed by atoms with Gasteiger partial charge in [-0.2, -0.15) is 8.78 Å². The number of nitrogens with one attached hydrogen (secondary N) is 1. The summed E-state index contributed by atoms with van der Waals surface area (Å²) in [5.41, 5.74) is 1.65. The number of nitrogens with zero attached hydrogens (tertiary/aromatic N) is 2. The van der Waals surface area contributed by atoms with E-state index >= 15 is 0 Å². The Morgan fingerprint density at radius 2 is 1.78 bits per heavy atom. The third kappa shape index (κ3) is 7.16. The lowest BCUT2D eigenvalue weighted by molar-refractivity contribution is -0.123. The Bertz CT molecular complexity index is 1600. The molecular formula is C33H34Cl2F3N3O5. The van der Waals surface area contributed by atoms with Crippen molar-refractivity contribution in [3.63, 3.8) is 0 Å². The first-order valence-electron chi connectivity index (χ1n) is 14.8. The summed E-state index contributed by atoms with van der Waals surface area (Å²) >= 11 is 12.5. The number of piperidine rings is 1. The normalized spacial score (nSPS) is 17.3. The second-order valence-corrected chi connectivity index (χ2v) is 12.3. The predicted molar refractivity (Wildman–Crippen MR) is 169 cm³/mol. The maximum atomic E-state index is 14.3. The van der Waals surface area contributed by atoms with Crippen molar-refractivity contribution in [1.82, 2.24) is 10.2 Å². The number of rotatable bonds is 10. The van der Waals surface area contributed by atoms with E-state index in [4.69, 9.17) is 32.7 Å². The van der Waals surface area contributed by atoms with Gasteiger partial charge in [0.2, 0.25) is 5.91 Å². The minimum absolute atomic E-state index is 0.0811. The molecule has 5 rings (SSSR count). The average Bonchev–Trinajstić information content (AvgIpc) is 3.03. The van der Waals surface area contributed by atoms with E-state index in [0.29, 0.717) is 64.8 Å². The van der Waals surface area contributed by atoms with Gasteiger partial charge < -0.3 is 24.4 Å². The Kier molecular flexibility index (Phi) is 10.2. The summed E-state index contributed by atoms with van der Waals surface area (Å²) in [6.45, 7) is 0.236. The van der Waals surface area contributed by atoms with Crippen LogP contribution in [0.3, 0.4) is 0 Å². The van der Waals surface area contributed by atoms with Crippen molar-refractivity contribution < 1.29 is 37.0 Å². The fraction of sp³-hybridized carbons (Fsp3) is 0.394. The lowest BCUT2D eigenvalue weighted by atomic mass is 9.81. The van der Waals surface area contributed by atoms with Gasteiger partial charge in [-0.1, -0.05) is 35.3 Å². The monoisotopic (exact) mass is 679 g/mol. The molecule has 2 aliphatic rings. The quantitative estimate of drug-likeness (QED) is 0.239. The number of halogens is 5. The molecule has 2 aliphatic heterocycles. The van der Waals surface area contributed by atoms with Gasteiger partial charge in [0.15, 0.2) is 11.5 Å². The molecule has 3 aromatic rings. The van der Waals surface area contributed by atoms with Crippen molar-refractivity contribution in [2.24, 2.45) is 0 Å². The summed E-state index contributed by atoms with van der Waals surface area (Å²) in [5, 5.41) is 3.63. The van der Waals surface area contributed by atoms with Crippen LogP contribution in [0.25, 0.3) is 0 Å². The molecule has 8 nitrogen and oxygen atoms in total. The molecule has 0 saturated carbocycles. The van der Waals surface area contributed by atoms with Gasteiger partial charge in [-0.05, 0) is 66.9 Å². The van der Waals surface area contributed by atoms with Crippen LogP contribution in [0.5, 0.6) is 11.5 Å². The van der Waals surface area contributed by atoms with E-state index in [9.17, 15) is 22.8 Å². The van der Waals surface area contributed by atoms with Crippen LogP contribution in [-0.4, -0.2) is 56.8 Å². The van der Waals surface area contributed by atoms with Gasteiger partial charge in [-0.3, -0.25) is 9.69 Å². The summed E-state index contributed by atoms with van der Waals surface area (Å²) in [5.74, 6) is -1.27. The number of methoxy groups -OCH3 is 1. The predicted octanol–water partition coefficient (Wildman–Crippen LogP) is 7.50. The molecule has 2 unspecified atom stereocenters. The number of carbonyl (C=O) groups excluding carboxylic acids is 2. The Balaban J connectivity index is 1.30. The van der Waals surface area contributed by atoms with Crippen molar-refractivity contribution in [2.45, 2.75) is 56.9 Å². The summed E-state index contributed by atoms with van der Waals surface area (Å²) in [6, 6.07) is 13.8. The molecule has 3 aromatic carbocycles. The third-order valence-corrected chi connectivity index (χ3v) is 9.49. The minimum atomic E-state index is -3.00. The lowest BCUT2D eigenvalue weighted by Crippen LogP contribution is -2.52. The Morgan fingerprint density at radius 3 is 2.46 bits per heavy atom. The maximum Gasteiger partial charge on any atom is 0.414 e. The largest absolute Gasteiger partial charge is 0.493 e. The van der Waals surface area contributed by atoms with Gasteiger partial charge in [-0.25, -0.2) is 9.18 Å². The van der Waals surface area contributed by atoms with Gasteiger partial charge in [0, 0.05) is 51.1 Å². The minimum Gasteiger partial charge on any atom is -0.493 e. The van der Waals surface area contributed by atoms with Gasteiger partial charge in [-0.15, -0.1) is 0 Å². The zero-order valence-electron chi connectivity index (χ0n) is 25.5. The Labute approximate surface area is 275 Å². The summed E-state index contributed by atoms with van der Waals surface area (Å²) < 4.78 is 55.4. The number of benzene rings is 3. The number of anilines is 1. The third-order valence-electron chi connectivity index (χ3n) is 8.75. The topological polar surface area (TPSA) is 80.3 Å². The van der Waals surface area contributed by atoms with Gasteiger partial charge in [0.05, 0.1) is 28.8 Å². The number of amides is 2. The van der Waals surface area contributed by atoms with Crippen molar-refractivity contribution >= 4 is 40.9 Å². The van der Waals surface area contributed by atoms with E-state index in [1.165, 1.54) is 36.3 Å². The molecule has 0 aromatic heterocycles. The highest BCUT2D eigenvalue weighted by molar-refractivity contribution is 6.42. The van der Waals surface area contributed by atoms with Crippen LogP contribution in [0.15, 0.2) is 54.6 Å². The van der Waals surface area contributed by atoms with Crippen LogP contribution in [0, 0.1) is 5.82 Å². The Morgan fingerprint density at radius 1 is 1.04 bits per heavy atom. The zero-order valence-corrected chi connectivity index (χ0v) is 27.0. The summed E-state index contributed by atoms with van der Waals surface area (Å²) in [7, 11) is 2.94. The highest BCUT2D eigenvalue weighted by atomic mass is 35.5. The van der Waals surface area contributed by atoms with E-state index in [2.05, 4.69) is 15.0 Å². The average molecular weight is 681 g/mol. The van der Waals surface area contributed by atoms with E-state index in [0.717, 1.165) is 0 Å². The van der Waals surface area contributed by atoms with Crippen LogP contribution in [0.2, 0.25) is 10.0 Å². The maximum absolute atomic E-state index is 14.3. The van der Waals surface area contributed by atoms with Crippen LogP contribution in [-0.2, 0) is 21.7 Å². The molecule has 13 heteroatoms. The number of fused-ring (bicyclic) bond motifs is 2. The molecule has 1 fully saturated rings. The molecule has 2 heterocycles. The summed E-state index contributed by atoms with van der Waals surface area (Å²) in [6.07, 6.45) is 0.870. The van der Waals surface area contributed by atoms with Crippen LogP contribution >= 0.6 is 23.2 Å². The fourth-order valence-electron chi connectivity index (χ4n) is 6.19. The van der Waals surface area contributed by atoms with Crippen molar-refractivity contribution in [3.8, 4) is 11.5 Å². The van der Waals surface area contributed by atoms with Crippen LogP contribution in [0.4, 0.5) is 23.7 Å². The molecule has 0 bridgehead atoms. The second kappa shape index (κ2) is 14.0. The molecule has 0 aliphatic carbocycles. The number of likely N-dealkylation sites (tertiary alicyclic amines) is 1. The second-order valence-electron chi connectivity index (χ2n) is 11.5. The van der Waals surface area contributed by atoms with Crippen molar-refractivity contribution in [1.29, 1.82) is 0 Å². The molecule has 1 N–H and O–H groups in total. The van der Waals surface area contributed by atoms with E-state index < -0.39 is 30.0 Å². The molecule has 1 spiro atoms. The van der Waals surface area contributed by atoms with E-state index in [1.54, 1.807) is 37.4 Å². The van der Waals surface area contributed by atoms with Crippen LogP contribution in [0.1, 0.15) is 48.8 Å². The Hall–Kier alpha value is -3.67. The molecule has 2 atom stereocenters. The fourth-order valence-corrected chi connectivity index (χ4v) is 6.50. The standard InChI is InChI=1S/C33H34Cl2F3N3O5/c1-19(41-12-10-33(11-13-41)24-17-22(36)6-8-27(24)40(2)32(43)46-33)14-23(21-5-7-25(34)26(35)16-21)30(42)39-18-20-4-9-28(45-31(37)38)29(15-20)44-3/h4-9,15-17,19,23,31H,10-14,18H2,1-3H3,(H,39,42). The molecule has 1 saturated heterocycles. The number of ether oxygens (including phenoxy) is 3. The molecule has 2 amide bonds. The van der Waals surface area contributed by atoms with E-state index in [1.807, 2.05) is 6.92 Å². The SMILES string of the molecule is COc1cc(CNC(=O)C(CC(C)N2CCC3(CC2)OC(=O)N(C)c2ccc(F)cc23)c2ccc(Cl)c(Cl)c2)ccc1OC(F)F. The molecule has 0 radical (unpaired) electrons. The highest BCUT2D eigenvalue weighted by Crippen LogP contribution is 2.46. The number of carbonyl (C=O) groups is 2. The molecular weight excluding hydrogens is 646 g/mol. The lowest BCUT2D eigenvalue weighted by Gasteiger charge is -2.47. The first kappa shape index (κ1) is 33.7. The smallest absolute Gasteiger partial charge is 0.414 e. The molecule has 246 valence electrons. The van der Waals surface area contributed by atoms with Gasteiger partial charge in [0.25, 0.3) is 0 Å². The first-order chi connectivity index (χ1) is 21.9. The summed E-state index contributed by atoms with van der Waals surface area (Å²) in [4.78, 5) is 30.0. The number of hydrogen-bond acceptors (Lipinski definition) is 6. The van der Waals surface area contributed by atoms with Crippen molar-refractivity contribution in [3.05, 3.63) is 87.2 Å². The number of hydrogen-bond donors (Lipinski definition) is 1. The molecule has 46 heavy (non-hydrogen) atoms. The van der Waals surface area contributed by atoms with E-state index in [-0.39, 0.29) is 30.0 Å².